The first-order valence-corrected chi connectivity index (χ1v) is 26.6. The van der Waals surface area contributed by atoms with Gasteiger partial charge in [-0.25, -0.2) is 67.6 Å². The zero-order valence-corrected chi connectivity index (χ0v) is 50.1. The van der Waals surface area contributed by atoms with Gasteiger partial charge in [0.15, 0.2) is 52.7 Å². The van der Waals surface area contributed by atoms with Gasteiger partial charge in [-0.2, -0.15) is 166 Å². The molecule has 0 N–H and O–H groups in total. The lowest BCUT2D eigenvalue weighted by atomic mass is 10.3. The molecule has 628 valence electrons. The van der Waals surface area contributed by atoms with Crippen LogP contribution in [0.15, 0.2) is 38.7 Å². The van der Waals surface area contributed by atoms with Crippen LogP contribution in [0.4, 0.5) is 205 Å². The van der Waals surface area contributed by atoms with Crippen LogP contribution in [0.25, 0.3) is 0 Å². The van der Waals surface area contributed by atoms with E-state index < -0.39 is 203 Å². The number of ether oxygens (including phenoxy) is 6. The summed E-state index contributed by atoms with van der Waals surface area (Å²) < 4.78 is 653. The Balaban J connectivity index is -0.0000000709. The monoisotopic (exact) mass is 1780 g/mol. The highest BCUT2D eigenvalue weighted by Gasteiger charge is 2.69. The van der Waals surface area contributed by atoms with Crippen LogP contribution >= 0.6 is 0 Å². The lowest BCUT2D eigenvalue weighted by molar-refractivity contribution is -0.513. The van der Waals surface area contributed by atoms with Crippen LogP contribution in [0.2, 0.25) is 0 Å². The molecule has 0 amide bonds. The van der Waals surface area contributed by atoms with Crippen LogP contribution in [0.1, 0.15) is 0 Å². The van der Waals surface area contributed by atoms with Gasteiger partial charge < -0.3 is 0 Å². The summed E-state index contributed by atoms with van der Waals surface area (Å²) in [6.07, 6.45) is -61.7. The average Bonchev–Trinajstić information content (AvgIpc) is 0.807. The average molecular weight is 1780 g/mol. The van der Waals surface area contributed by atoms with E-state index in [4.69, 9.17) is 50.5 Å². The molecule has 0 unspecified atom stereocenters. The first-order valence-electron chi connectivity index (χ1n) is 18.9. The van der Waals surface area contributed by atoms with Crippen LogP contribution in [-0.2, 0) is 102 Å². The second-order valence-electron chi connectivity index (χ2n) is 11.7. The minimum atomic E-state index is -6.30. The van der Waals surface area contributed by atoms with E-state index in [2.05, 4.69) is 71.2 Å². The Kier molecular flexibility index (Phi) is 71.2. The molecule has 0 fully saturated rings. The van der Waals surface area contributed by atoms with E-state index in [9.17, 15) is 205 Å². The van der Waals surface area contributed by atoms with Gasteiger partial charge in [0.05, 0.1) is 0 Å². The number of halogens is 48. The minimum Gasteiger partial charge on any atom is -0.283 e. The minimum absolute atomic E-state index is 1.35. The molecule has 0 heterocycles. The van der Waals surface area contributed by atoms with E-state index in [0.717, 1.165) is 0 Å². The Hall–Kier alpha value is -4.76. The van der Waals surface area contributed by atoms with Crippen molar-refractivity contribution in [2.24, 2.45) is 0 Å². The third-order valence-electron chi connectivity index (χ3n) is 4.07. The van der Waals surface area contributed by atoms with Gasteiger partial charge in [0, 0.05) is 0 Å². The quantitative estimate of drug-likeness (QED) is 0.0493. The molecule has 0 bridgehead atoms. The Labute approximate surface area is 529 Å². The molecule has 0 rings (SSSR count). The van der Waals surface area contributed by atoms with Crippen molar-refractivity contribution in [2.75, 3.05) is 60.6 Å². The third-order valence-corrected chi connectivity index (χ3v) is 4.07. The van der Waals surface area contributed by atoms with Gasteiger partial charge in [-0.15, -0.1) is 26.3 Å². The first-order chi connectivity index (χ1) is 43.5. The van der Waals surface area contributed by atoms with Gasteiger partial charge in [0.1, 0.15) is 0 Å². The molecule has 0 aromatic carbocycles. The summed E-state index contributed by atoms with van der Waals surface area (Å²) in [6, 6.07) is 0. The zero-order valence-electron chi connectivity index (χ0n) is 45.2. The molecule has 20 nitrogen and oxygen atoms in total. The number of hydrogen-bond donors (Lipinski definition) is 0. The van der Waals surface area contributed by atoms with E-state index in [1.165, 1.54) is 0 Å². The highest BCUT2D eigenvalue weighted by atomic mass is 32.3. The number of hydrogen-bond acceptors (Lipinski definition) is 20. The van der Waals surface area contributed by atoms with Crippen LogP contribution < -0.4 is 0 Å². The number of rotatable bonds is 24. The smallest absolute Gasteiger partial charge is 0.283 e. The summed E-state index contributed by atoms with van der Waals surface area (Å²) in [6.45, 7) is -7.49. The van der Waals surface area contributed by atoms with Crippen LogP contribution in [0, 0.1) is 0 Å². The Morgan fingerprint density at radius 3 is 0.455 bits per heavy atom. The molecule has 0 atom stereocenters. The maximum Gasteiger partial charge on any atom is 0.476 e. The summed E-state index contributed by atoms with van der Waals surface area (Å²) in [5, 5.41) is 0. The van der Waals surface area contributed by atoms with Crippen molar-refractivity contribution < 1.29 is 294 Å². The van der Waals surface area contributed by atoms with Crippen LogP contribution in [0.5, 0.6) is 0 Å². The molecule has 101 heavy (non-hydrogen) atoms. The fourth-order valence-electron chi connectivity index (χ4n) is 1.61. The number of alkyl halides is 33. The van der Waals surface area contributed by atoms with E-state index in [1.54, 1.807) is 0 Å². The largest absolute Gasteiger partial charge is 0.476 e. The van der Waals surface area contributed by atoms with Gasteiger partial charge in [0.2, 0.25) is 13.7 Å². The van der Waals surface area contributed by atoms with Gasteiger partial charge >= 0.3 is 137 Å². The molecule has 0 spiro atoms. The normalized spacial score (nSPS) is 12.5. The molecule has 0 saturated carbocycles. The van der Waals surface area contributed by atoms with Crippen molar-refractivity contribution >= 4 is 63.7 Å². The lowest BCUT2D eigenvalue weighted by Gasteiger charge is -2.29. The summed E-state index contributed by atoms with van der Waals surface area (Å²) in [5.41, 5.74) is 0. The van der Waals surface area contributed by atoms with E-state index in [1.807, 2.05) is 0 Å². The molecule has 0 aliphatic heterocycles. The predicted octanol–water partition coefficient (Wildman–Crippen LogP) is 15.7. The summed E-state index contributed by atoms with van der Waals surface area (Å²) in [5.74, 6) is -7.42. The van der Waals surface area contributed by atoms with Crippen molar-refractivity contribution in [3.05, 3.63) is 38.7 Å². The van der Waals surface area contributed by atoms with Gasteiger partial charge in [-0.05, 0) is 9.05 Å². The predicted molar refractivity (Wildman–Crippen MR) is 224 cm³/mol. The molecular formula is C27H28F48O20S6. The second-order valence-corrected chi connectivity index (χ2v) is 16.2. The molecule has 0 aliphatic rings. The molecule has 0 radical (unpaired) electrons. The maximum absolute atomic E-state index is 12.4. The topological polar surface area (TPSA) is 279 Å². The standard InChI is InChI=1S/2C6H4F10O2.C5H4F8O.C4H4F4O.2C2H4.2CH2F2O.6F2O2S/c2*7-1-3(9,10)17-5(13,14)6(15,16)18-4(11,12)2-8;6-1-3(8,9)5(12,13)14-4(10,11)2-7;1-3(6)4(7,8)9-2-5;2*1-2;2*2-1-4-3;6*1-5(2,3)4/h2*1-2H2;1-2H2;1-2H2;2*1-2H2;2*1H2;;;;;;. The molecule has 0 aromatic rings. The van der Waals surface area contributed by atoms with Crippen LogP contribution in [-0.4, -0.2) is 184 Å². The summed E-state index contributed by atoms with van der Waals surface area (Å²) in [7, 11) is -34.0. The summed E-state index contributed by atoms with van der Waals surface area (Å²) >= 11 is 0. The third kappa shape index (κ3) is 122. The van der Waals surface area contributed by atoms with E-state index >= 15 is 0 Å². The van der Waals surface area contributed by atoms with Gasteiger partial charge in [0.25, 0.3) is 0 Å². The van der Waals surface area contributed by atoms with Gasteiger partial charge in [-0.3, -0.25) is 4.74 Å². The highest BCUT2D eigenvalue weighted by molar-refractivity contribution is 7.82. The van der Waals surface area contributed by atoms with E-state index in [0.29, 0.717) is 0 Å². The first kappa shape index (κ1) is 129. The van der Waals surface area contributed by atoms with Crippen molar-refractivity contribution in [1.29, 1.82) is 0 Å². The fraction of sp³-hybridized carbons (Fsp3) is 0.778. The van der Waals surface area contributed by atoms with Crippen molar-refractivity contribution in [2.45, 2.75) is 73.1 Å². The Bertz CT molecular complexity index is 2390. The van der Waals surface area contributed by atoms with E-state index in [-0.39, 0.29) is 0 Å². The Morgan fingerprint density at radius 1 is 0.267 bits per heavy atom. The molecule has 0 saturated heterocycles. The molecule has 0 aromatic heterocycles. The summed E-state index contributed by atoms with van der Waals surface area (Å²) in [4.78, 5) is 4.75. The van der Waals surface area contributed by atoms with Gasteiger partial charge in [-0.1, -0.05) is 53.2 Å². The Morgan fingerprint density at radius 2 is 0.386 bits per heavy atom. The van der Waals surface area contributed by atoms with Crippen molar-refractivity contribution in [3.63, 3.8) is 0 Å². The zero-order chi connectivity index (χ0) is 86.6. The fourth-order valence-corrected chi connectivity index (χ4v) is 1.61. The molecular weight excluding hydrogens is 1750 g/mol. The maximum atomic E-state index is 12.4. The second kappa shape index (κ2) is 55.7. The van der Waals surface area contributed by atoms with Crippen molar-refractivity contribution in [1.82, 2.24) is 0 Å². The van der Waals surface area contributed by atoms with Crippen LogP contribution in [0.3, 0.4) is 0 Å². The SMILES string of the molecule is C=C.C=C.C=C(F)C(F)(F)OCF.FCC(F)(F)OC(F)(F)C(F)(F)CF.FCC(F)(F)OC(F)(F)C(F)(F)OC(F)(F)CF.FCC(F)(F)OC(F)(F)C(F)(F)OC(F)(F)CF.FCOF.FCOF.O=S(=O)(F)F.O=S(=O)(F)F.O=S(=O)(F)F.O=S(=O)(F)F.O=S(=O)(F)F.O=S(=O)(F)F. The lowest BCUT2D eigenvalue weighted by Crippen LogP contribution is -2.52. The van der Waals surface area contributed by atoms with Crippen molar-refractivity contribution in [3.8, 4) is 0 Å². The highest BCUT2D eigenvalue weighted by Crippen LogP contribution is 2.45. The molecule has 74 heteroatoms. The molecule has 0 aliphatic carbocycles.